The lowest BCUT2D eigenvalue weighted by molar-refractivity contribution is -0.138. The third-order valence-electron chi connectivity index (χ3n) is 1.87. The predicted octanol–water partition coefficient (Wildman–Crippen LogP) is 3.37. The third-order valence-corrected chi connectivity index (χ3v) is 2.70. The van der Waals surface area contributed by atoms with Crippen LogP contribution in [0.3, 0.4) is 0 Å². The van der Waals surface area contributed by atoms with E-state index in [0.717, 1.165) is 0 Å². The summed E-state index contributed by atoms with van der Waals surface area (Å²) >= 11 is 3.12. The lowest BCUT2D eigenvalue weighted by Crippen LogP contribution is -2.06. The topological polar surface area (TPSA) is 30.7 Å². The van der Waals surface area contributed by atoms with Crippen molar-refractivity contribution < 1.29 is 13.9 Å². The molecule has 0 bridgehead atoms. The van der Waals surface area contributed by atoms with Crippen molar-refractivity contribution in [3.63, 3.8) is 0 Å². The molecule has 0 radical (unpaired) electrons. The molecule has 0 amide bonds. The van der Waals surface area contributed by atoms with Gasteiger partial charge >= 0.3 is 5.97 Å². The molecule has 0 fully saturated rings. The van der Waals surface area contributed by atoms with E-state index < -0.39 is 11.8 Å². The number of hydrogen-bond donors (Lipinski definition) is 0. The number of carbonyl (C=O) groups excluding carboxylic acids is 1. The molecule has 0 aromatic heterocycles. The van der Waals surface area contributed by atoms with Crippen LogP contribution in [0.1, 0.15) is 12.5 Å². The van der Waals surface area contributed by atoms with Crippen molar-refractivity contribution in [3.8, 4) is 0 Å². The average molecular weight is 298 g/mol. The normalized spacial score (nSPS) is 11.4. The first kappa shape index (κ1) is 13.4. The molecule has 0 saturated carbocycles. The Labute approximate surface area is 107 Å². The fourth-order valence-electron chi connectivity index (χ4n) is 1.15. The van der Waals surface area contributed by atoms with E-state index in [4.69, 9.17) is 11.3 Å². The molecule has 0 aliphatic heterocycles. The fraction of sp³-hybridized carbons (Fsp3) is 0.167. The van der Waals surface area contributed by atoms with Gasteiger partial charge in [-0.15, -0.1) is 0 Å². The molecular weight excluding hydrogens is 289 g/mol. The molecular formula is C12H9BrFNO2. The van der Waals surface area contributed by atoms with Crippen LogP contribution in [-0.2, 0) is 9.53 Å². The quantitative estimate of drug-likeness (QED) is 0.486. The monoisotopic (exact) mass is 297 g/mol. The van der Waals surface area contributed by atoms with Crippen molar-refractivity contribution in [2.24, 2.45) is 0 Å². The van der Waals surface area contributed by atoms with E-state index in [2.05, 4.69) is 20.8 Å². The lowest BCUT2D eigenvalue weighted by atomic mass is 10.2. The van der Waals surface area contributed by atoms with Crippen molar-refractivity contribution in [1.29, 1.82) is 0 Å². The number of ether oxygens (including phenoxy) is 1. The van der Waals surface area contributed by atoms with Gasteiger partial charge in [0.05, 0.1) is 13.2 Å². The van der Waals surface area contributed by atoms with E-state index in [1.54, 1.807) is 13.0 Å². The highest BCUT2D eigenvalue weighted by atomic mass is 79.9. The highest BCUT2D eigenvalue weighted by Gasteiger charge is 2.17. The summed E-state index contributed by atoms with van der Waals surface area (Å²) in [5.41, 5.74) is 0.224. The molecule has 1 rings (SSSR count). The zero-order chi connectivity index (χ0) is 12.8. The molecule has 5 heteroatoms. The van der Waals surface area contributed by atoms with Crippen LogP contribution < -0.4 is 0 Å². The van der Waals surface area contributed by atoms with Crippen LogP contribution >= 0.6 is 15.9 Å². The molecule has 0 aliphatic rings. The molecule has 3 nitrogen and oxygen atoms in total. The van der Waals surface area contributed by atoms with Crippen LogP contribution in [0.2, 0.25) is 0 Å². The molecule has 0 unspecified atom stereocenters. The summed E-state index contributed by atoms with van der Waals surface area (Å²) in [6.07, 6.45) is 0. The van der Waals surface area contributed by atoms with Crippen LogP contribution in [-0.4, -0.2) is 12.6 Å². The maximum atomic E-state index is 13.0. The van der Waals surface area contributed by atoms with Gasteiger partial charge in [0.15, 0.2) is 0 Å². The number of benzene rings is 1. The standard InChI is InChI=1S/C12H9BrFNO2/c1-3-17-12(16)11(15-2)10(13)8-5-4-6-9(14)7-8/h4-7H,3H2,1H3/b11-10+. The second-order valence-electron chi connectivity index (χ2n) is 3.01. The van der Waals surface area contributed by atoms with Gasteiger partial charge in [-0.1, -0.05) is 28.1 Å². The maximum Gasteiger partial charge on any atom is 0.337 e. The van der Waals surface area contributed by atoms with Gasteiger partial charge in [-0.25, -0.2) is 9.24 Å². The highest BCUT2D eigenvalue weighted by molar-refractivity contribution is 9.15. The van der Waals surface area contributed by atoms with Crippen molar-refractivity contribution in [3.05, 3.63) is 52.8 Å². The molecule has 1 aromatic carbocycles. The first-order valence-corrected chi connectivity index (χ1v) is 5.59. The Balaban J connectivity index is 3.18. The van der Waals surface area contributed by atoms with E-state index in [-0.39, 0.29) is 16.8 Å². The molecule has 0 atom stereocenters. The van der Waals surface area contributed by atoms with Crippen molar-refractivity contribution >= 4 is 26.4 Å². The fourth-order valence-corrected chi connectivity index (χ4v) is 1.64. The largest absolute Gasteiger partial charge is 0.471 e. The Morgan fingerprint density at radius 2 is 2.29 bits per heavy atom. The van der Waals surface area contributed by atoms with E-state index in [0.29, 0.717) is 5.56 Å². The van der Waals surface area contributed by atoms with Crippen LogP contribution in [0, 0.1) is 12.4 Å². The third kappa shape index (κ3) is 3.40. The number of esters is 1. The molecule has 0 N–H and O–H groups in total. The Bertz CT molecular complexity index is 505. The van der Waals surface area contributed by atoms with Crippen molar-refractivity contribution in [2.75, 3.05) is 6.61 Å². The summed E-state index contributed by atoms with van der Waals surface area (Å²) < 4.78 is 18.0. The minimum absolute atomic E-state index is 0.182. The summed E-state index contributed by atoms with van der Waals surface area (Å²) in [6.45, 7) is 8.77. The number of rotatable bonds is 3. The summed E-state index contributed by atoms with van der Waals surface area (Å²) in [6, 6.07) is 5.61. The number of hydrogen-bond acceptors (Lipinski definition) is 2. The number of nitrogens with zero attached hydrogens (tertiary/aromatic N) is 1. The van der Waals surface area contributed by atoms with Gasteiger partial charge in [0, 0.05) is 4.48 Å². The Hall–Kier alpha value is -1.67. The minimum Gasteiger partial charge on any atom is -0.471 e. The van der Waals surface area contributed by atoms with Crippen molar-refractivity contribution in [2.45, 2.75) is 6.92 Å². The van der Waals surface area contributed by atoms with E-state index in [1.165, 1.54) is 18.2 Å². The zero-order valence-corrected chi connectivity index (χ0v) is 10.6. The van der Waals surface area contributed by atoms with Gasteiger partial charge in [-0.3, -0.25) is 4.79 Å². The van der Waals surface area contributed by atoms with Crippen LogP contribution in [0.15, 0.2) is 30.0 Å². The molecule has 0 aliphatic carbocycles. The van der Waals surface area contributed by atoms with E-state index >= 15 is 0 Å². The highest BCUT2D eigenvalue weighted by Crippen LogP contribution is 2.27. The van der Waals surface area contributed by atoms with Gasteiger partial charge in [0.25, 0.3) is 5.70 Å². The SMILES string of the molecule is [C-]#[N+]/C(C(=O)OCC)=C(/Br)c1cccc(F)c1. The summed E-state index contributed by atoms with van der Waals surface area (Å²) in [7, 11) is 0. The van der Waals surface area contributed by atoms with E-state index in [1.807, 2.05) is 0 Å². The van der Waals surface area contributed by atoms with Crippen LogP contribution in [0.4, 0.5) is 4.39 Å². The Morgan fingerprint density at radius 3 is 2.82 bits per heavy atom. The Morgan fingerprint density at radius 1 is 1.59 bits per heavy atom. The van der Waals surface area contributed by atoms with Crippen molar-refractivity contribution in [1.82, 2.24) is 0 Å². The predicted molar refractivity (Wildman–Crippen MR) is 65.5 cm³/mol. The van der Waals surface area contributed by atoms with Gasteiger partial charge in [-0.2, -0.15) is 0 Å². The van der Waals surface area contributed by atoms with Gasteiger partial charge in [-0.05, 0) is 24.6 Å². The smallest absolute Gasteiger partial charge is 0.337 e. The second-order valence-corrected chi connectivity index (χ2v) is 3.80. The molecule has 88 valence electrons. The summed E-state index contributed by atoms with van der Waals surface area (Å²) in [5, 5.41) is 0. The number of carbonyl (C=O) groups is 1. The zero-order valence-electron chi connectivity index (χ0n) is 9.04. The van der Waals surface area contributed by atoms with Gasteiger partial charge in [0.1, 0.15) is 5.82 Å². The van der Waals surface area contributed by atoms with Gasteiger partial charge < -0.3 is 4.74 Å². The molecule has 0 saturated heterocycles. The van der Waals surface area contributed by atoms with Gasteiger partial charge in [0.2, 0.25) is 0 Å². The summed E-state index contributed by atoms with van der Waals surface area (Å²) in [4.78, 5) is 14.6. The lowest BCUT2D eigenvalue weighted by Gasteiger charge is -2.04. The number of halogens is 2. The molecule has 1 aromatic rings. The molecule has 0 spiro atoms. The van der Waals surface area contributed by atoms with E-state index in [9.17, 15) is 9.18 Å². The maximum absolute atomic E-state index is 13.0. The van der Waals surface area contributed by atoms with Crippen LogP contribution in [0.25, 0.3) is 9.33 Å². The first-order chi connectivity index (χ1) is 8.10. The first-order valence-electron chi connectivity index (χ1n) is 4.80. The minimum atomic E-state index is -0.723. The Kier molecular flexibility index (Phi) is 4.85. The van der Waals surface area contributed by atoms with Crippen LogP contribution in [0.5, 0.6) is 0 Å². The average Bonchev–Trinajstić information content (AvgIpc) is 2.30. The summed E-state index contributed by atoms with van der Waals surface area (Å²) in [5.74, 6) is -1.16. The molecule has 17 heavy (non-hydrogen) atoms. The molecule has 0 heterocycles. The second kappa shape index (κ2) is 6.16.